The Morgan fingerprint density at radius 3 is 3.16 bits per heavy atom. The maximum absolute atomic E-state index is 5.62. The SMILES string of the molecule is C#Cc1cccc2ncc3nc4n(c3c12)CCOC4. The first-order valence-electron chi connectivity index (χ1n) is 6.19. The molecule has 4 heteroatoms. The van der Waals surface area contributed by atoms with Crippen LogP contribution in [0.15, 0.2) is 24.4 Å². The van der Waals surface area contributed by atoms with E-state index in [1.807, 2.05) is 24.4 Å². The summed E-state index contributed by atoms with van der Waals surface area (Å²) in [4.78, 5) is 9.03. The zero-order valence-corrected chi connectivity index (χ0v) is 10.3. The standard InChI is InChI=1S/C15H11N3O/c1-2-10-4-3-5-11-14(10)15-12(8-16-11)17-13-9-19-7-6-18(13)15/h1,3-5,8H,6-7,9H2. The van der Waals surface area contributed by atoms with Crippen LogP contribution in [-0.2, 0) is 17.9 Å². The topological polar surface area (TPSA) is 39.9 Å². The van der Waals surface area contributed by atoms with Gasteiger partial charge in [-0.2, -0.15) is 0 Å². The van der Waals surface area contributed by atoms with Gasteiger partial charge in [0.05, 0.1) is 23.8 Å². The first kappa shape index (κ1) is 10.5. The van der Waals surface area contributed by atoms with Gasteiger partial charge >= 0.3 is 0 Å². The molecule has 1 aromatic carbocycles. The van der Waals surface area contributed by atoms with Crippen LogP contribution in [0.25, 0.3) is 21.9 Å². The Bertz CT molecular complexity index is 842. The van der Waals surface area contributed by atoms with Crippen molar-refractivity contribution in [1.82, 2.24) is 14.5 Å². The van der Waals surface area contributed by atoms with E-state index in [4.69, 9.17) is 11.2 Å². The van der Waals surface area contributed by atoms with Gasteiger partial charge in [0, 0.05) is 17.5 Å². The maximum atomic E-state index is 5.62. The van der Waals surface area contributed by atoms with Gasteiger partial charge in [0.15, 0.2) is 0 Å². The summed E-state index contributed by atoms with van der Waals surface area (Å²) >= 11 is 0. The molecule has 1 aliphatic heterocycles. The van der Waals surface area contributed by atoms with Crippen LogP contribution < -0.4 is 0 Å². The summed E-state index contributed by atoms with van der Waals surface area (Å²) in [5, 5.41) is 1.02. The first-order valence-corrected chi connectivity index (χ1v) is 6.19. The predicted octanol–water partition coefficient (Wildman–Crippen LogP) is 2.10. The van der Waals surface area contributed by atoms with Crippen molar-refractivity contribution in [3.8, 4) is 12.3 Å². The van der Waals surface area contributed by atoms with Crippen molar-refractivity contribution in [1.29, 1.82) is 0 Å². The number of fused-ring (bicyclic) bond motifs is 5. The lowest BCUT2D eigenvalue weighted by Crippen LogP contribution is -2.16. The van der Waals surface area contributed by atoms with Gasteiger partial charge in [0.1, 0.15) is 17.9 Å². The highest BCUT2D eigenvalue weighted by Gasteiger charge is 2.18. The molecule has 0 saturated carbocycles. The lowest BCUT2D eigenvalue weighted by atomic mass is 10.1. The van der Waals surface area contributed by atoms with Crippen molar-refractivity contribution in [3.05, 3.63) is 35.8 Å². The third-order valence-electron chi connectivity index (χ3n) is 3.52. The van der Waals surface area contributed by atoms with E-state index >= 15 is 0 Å². The van der Waals surface area contributed by atoms with Gasteiger partial charge in [0.2, 0.25) is 0 Å². The number of pyridine rings is 1. The minimum absolute atomic E-state index is 0.550. The number of hydrogen-bond acceptors (Lipinski definition) is 3. The largest absolute Gasteiger partial charge is 0.372 e. The van der Waals surface area contributed by atoms with E-state index in [1.54, 1.807) is 0 Å². The second kappa shape index (κ2) is 3.81. The summed E-state index contributed by atoms with van der Waals surface area (Å²) in [5.74, 6) is 3.69. The number of hydrogen-bond donors (Lipinski definition) is 0. The highest BCUT2D eigenvalue weighted by molar-refractivity contribution is 6.05. The average Bonchev–Trinajstić information content (AvgIpc) is 2.85. The molecule has 1 aliphatic rings. The zero-order chi connectivity index (χ0) is 12.8. The normalized spacial score (nSPS) is 14.5. The molecule has 0 fully saturated rings. The second-order valence-corrected chi connectivity index (χ2v) is 4.57. The van der Waals surface area contributed by atoms with Crippen molar-refractivity contribution in [2.75, 3.05) is 6.61 Å². The fourth-order valence-corrected chi connectivity index (χ4v) is 2.69. The Labute approximate surface area is 110 Å². The minimum atomic E-state index is 0.550. The molecule has 0 aliphatic carbocycles. The Morgan fingerprint density at radius 2 is 2.26 bits per heavy atom. The lowest BCUT2D eigenvalue weighted by molar-refractivity contribution is 0.0831. The van der Waals surface area contributed by atoms with Gasteiger partial charge in [-0.1, -0.05) is 12.0 Å². The number of ether oxygens (including phenoxy) is 1. The molecule has 0 unspecified atom stereocenters. The monoisotopic (exact) mass is 249 g/mol. The number of terminal acetylenes is 1. The molecule has 3 aromatic rings. The highest BCUT2D eigenvalue weighted by atomic mass is 16.5. The van der Waals surface area contributed by atoms with Crippen LogP contribution in [0.1, 0.15) is 11.4 Å². The van der Waals surface area contributed by atoms with E-state index in [0.717, 1.165) is 39.9 Å². The average molecular weight is 249 g/mol. The molecule has 0 bridgehead atoms. The third kappa shape index (κ3) is 1.39. The van der Waals surface area contributed by atoms with E-state index in [-0.39, 0.29) is 0 Å². The fraction of sp³-hybridized carbons (Fsp3) is 0.200. The molecule has 0 N–H and O–H groups in total. The smallest absolute Gasteiger partial charge is 0.136 e. The van der Waals surface area contributed by atoms with Gasteiger partial charge in [-0.15, -0.1) is 6.42 Å². The molecule has 19 heavy (non-hydrogen) atoms. The predicted molar refractivity (Wildman–Crippen MR) is 72.6 cm³/mol. The van der Waals surface area contributed by atoms with Crippen molar-refractivity contribution >= 4 is 21.9 Å². The number of imidazole rings is 1. The molecule has 2 aromatic heterocycles. The molecule has 0 atom stereocenters. The van der Waals surface area contributed by atoms with Crippen LogP contribution in [0.3, 0.4) is 0 Å². The number of aromatic nitrogens is 3. The van der Waals surface area contributed by atoms with Gasteiger partial charge in [-0.25, -0.2) is 4.98 Å². The molecule has 0 saturated heterocycles. The molecule has 3 heterocycles. The van der Waals surface area contributed by atoms with Crippen LogP contribution in [0, 0.1) is 12.3 Å². The van der Waals surface area contributed by atoms with E-state index in [1.165, 1.54) is 0 Å². The Balaban J connectivity index is 2.24. The van der Waals surface area contributed by atoms with Crippen molar-refractivity contribution in [2.24, 2.45) is 0 Å². The minimum Gasteiger partial charge on any atom is -0.372 e. The summed E-state index contributed by atoms with van der Waals surface area (Å²) in [7, 11) is 0. The van der Waals surface area contributed by atoms with Gasteiger partial charge in [0.25, 0.3) is 0 Å². The Kier molecular flexibility index (Phi) is 2.11. The first-order chi connectivity index (χ1) is 9.38. The summed E-state index contributed by atoms with van der Waals surface area (Å²) in [6.07, 6.45) is 7.43. The van der Waals surface area contributed by atoms with Crippen molar-refractivity contribution in [3.63, 3.8) is 0 Å². The van der Waals surface area contributed by atoms with E-state index in [9.17, 15) is 0 Å². The van der Waals surface area contributed by atoms with Crippen LogP contribution in [0.5, 0.6) is 0 Å². The lowest BCUT2D eigenvalue weighted by Gasteiger charge is -2.15. The quantitative estimate of drug-likeness (QED) is 0.573. The highest BCUT2D eigenvalue weighted by Crippen LogP contribution is 2.28. The van der Waals surface area contributed by atoms with Crippen molar-refractivity contribution in [2.45, 2.75) is 13.2 Å². The summed E-state index contributed by atoms with van der Waals surface area (Å²) in [5.41, 5.74) is 3.74. The van der Waals surface area contributed by atoms with Gasteiger partial charge in [-0.3, -0.25) is 4.98 Å². The van der Waals surface area contributed by atoms with Crippen LogP contribution >= 0.6 is 0 Å². The van der Waals surface area contributed by atoms with Crippen LogP contribution in [0.4, 0.5) is 0 Å². The molecule has 0 radical (unpaired) electrons. The molecule has 92 valence electrons. The molecule has 0 spiro atoms. The van der Waals surface area contributed by atoms with Gasteiger partial charge < -0.3 is 9.30 Å². The zero-order valence-electron chi connectivity index (χ0n) is 10.3. The van der Waals surface area contributed by atoms with E-state index in [2.05, 4.69) is 20.5 Å². The molecular weight excluding hydrogens is 238 g/mol. The molecule has 4 nitrogen and oxygen atoms in total. The Hall–Kier alpha value is -2.38. The van der Waals surface area contributed by atoms with Crippen LogP contribution in [0.2, 0.25) is 0 Å². The van der Waals surface area contributed by atoms with Crippen LogP contribution in [-0.4, -0.2) is 21.1 Å². The molecule has 4 rings (SSSR count). The van der Waals surface area contributed by atoms with Crippen molar-refractivity contribution < 1.29 is 4.74 Å². The summed E-state index contributed by atoms with van der Waals surface area (Å²) < 4.78 is 7.65. The number of rotatable bonds is 0. The Morgan fingerprint density at radius 1 is 1.32 bits per heavy atom. The molecular formula is C15H11N3O. The second-order valence-electron chi connectivity index (χ2n) is 4.57. The number of nitrogens with zero attached hydrogens (tertiary/aromatic N) is 3. The third-order valence-corrected chi connectivity index (χ3v) is 3.52. The van der Waals surface area contributed by atoms with E-state index in [0.29, 0.717) is 13.2 Å². The summed E-state index contributed by atoms with van der Waals surface area (Å²) in [6, 6.07) is 5.87. The summed E-state index contributed by atoms with van der Waals surface area (Å²) in [6.45, 7) is 2.07. The molecule has 0 amide bonds. The van der Waals surface area contributed by atoms with Gasteiger partial charge in [-0.05, 0) is 12.1 Å². The fourth-order valence-electron chi connectivity index (χ4n) is 2.69. The maximum Gasteiger partial charge on any atom is 0.136 e. The number of benzene rings is 1. The van der Waals surface area contributed by atoms with E-state index < -0.39 is 0 Å².